The highest BCUT2D eigenvalue weighted by Crippen LogP contribution is 2.44. The standard InChI is InChI=1S/C50H26N4O2/c51-27-30-21-20-29(26-42(30)54-38-16-6-2-11-33(38)48-41(54)23-25-46-50(48)35-13-4-8-19-44(35)56-46)31-14-9-17-39(36(31)28-52)53-37-15-5-1-10-32(37)47-40(53)22-24-45-49(47)34-12-3-7-18-43(34)55-45/h1-26H. The lowest BCUT2D eigenvalue weighted by Crippen LogP contribution is -2.01. The molecule has 0 fully saturated rings. The molecule has 0 saturated carbocycles. The van der Waals surface area contributed by atoms with Gasteiger partial charge in [-0.1, -0.05) is 91.0 Å². The van der Waals surface area contributed by atoms with Gasteiger partial charge in [-0.25, -0.2) is 0 Å². The van der Waals surface area contributed by atoms with E-state index in [0.717, 1.165) is 110 Å². The third-order valence-electron chi connectivity index (χ3n) is 11.4. The highest BCUT2D eigenvalue weighted by molar-refractivity contribution is 6.28. The van der Waals surface area contributed by atoms with Crippen molar-refractivity contribution in [3.8, 4) is 34.6 Å². The van der Waals surface area contributed by atoms with E-state index >= 15 is 0 Å². The van der Waals surface area contributed by atoms with Crippen LogP contribution in [-0.2, 0) is 0 Å². The first-order valence-electron chi connectivity index (χ1n) is 18.5. The zero-order valence-corrected chi connectivity index (χ0v) is 29.6. The second kappa shape index (κ2) is 11.2. The fraction of sp³-hybridized carbons (Fsp3) is 0. The number of rotatable bonds is 3. The zero-order valence-electron chi connectivity index (χ0n) is 29.6. The molecular weight excluding hydrogens is 689 g/mol. The number of para-hydroxylation sites is 4. The van der Waals surface area contributed by atoms with Crippen LogP contribution in [0.3, 0.4) is 0 Å². The number of hydrogen-bond donors (Lipinski definition) is 0. The summed E-state index contributed by atoms with van der Waals surface area (Å²) < 4.78 is 17.0. The maximum atomic E-state index is 11.0. The van der Waals surface area contributed by atoms with Crippen LogP contribution in [0, 0.1) is 22.7 Å². The Bertz CT molecular complexity index is 3750. The van der Waals surface area contributed by atoms with Crippen molar-refractivity contribution in [2.75, 3.05) is 0 Å². The number of nitriles is 2. The third kappa shape index (κ3) is 3.97. The first-order chi connectivity index (χ1) is 27.7. The predicted molar refractivity (Wildman–Crippen MR) is 225 cm³/mol. The van der Waals surface area contributed by atoms with Crippen LogP contribution in [0.4, 0.5) is 0 Å². The van der Waals surface area contributed by atoms with E-state index in [2.05, 4.69) is 81.9 Å². The van der Waals surface area contributed by atoms with Crippen molar-refractivity contribution in [3.05, 3.63) is 169 Å². The SMILES string of the molecule is N#Cc1ccc(-c2cccc(-n3c4ccccc4c4c5c(ccc43)oc3ccccc35)c2C#N)cc1-n1c2ccccc2c2c3c(ccc21)oc1ccccc13. The monoisotopic (exact) mass is 714 g/mol. The van der Waals surface area contributed by atoms with Crippen LogP contribution < -0.4 is 0 Å². The molecule has 12 aromatic rings. The van der Waals surface area contributed by atoms with Gasteiger partial charge in [0.05, 0.1) is 44.6 Å². The van der Waals surface area contributed by atoms with Gasteiger partial charge in [0.2, 0.25) is 0 Å². The lowest BCUT2D eigenvalue weighted by Gasteiger charge is -2.16. The topological polar surface area (TPSA) is 83.7 Å². The van der Waals surface area contributed by atoms with E-state index in [4.69, 9.17) is 8.83 Å². The summed E-state index contributed by atoms with van der Waals surface area (Å²) in [6, 6.07) is 58.1. The number of benzene rings is 8. The van der Waals surface area contributed by atoms with Crippen molar-refractivity contribution in [1.82, 2.24) is 9.13 Å². The summed E-state index contributed by atoms with van der Waals surface area (Å²) in [5.41, 5.74) is 11.5. The van der Waals surface area contributed by atoms with Gasteiger partial charge in [-0.2, -0.15) is 10.5 Å². The van der Waals surface area contributed by atoms with Crippen molar-refractivity contribution in [2.24, 2.45) is 0 Å². The minimum Gasteiger partial charge on any atom is -0.456 e. The van der Waals surface area contributed by atoms with Crippen LogP contribution in [0.15, 0.2) is 167 Å². The molecular formula is C50H26N4O2. The molecule has 0 aliphatic heterocycles. The molecule has 0 unspecified atom stereocenters. The van der Waals surface area contributed by atoms with Crippen LogP contribution in [0.25, 0.3) is 110 Å². The number of furan rings is 2. The summed E-state index contributed by atoms with van der Waals surface area (Å²) in [4.78, 5) is 0. The second-order valence-electron chi connectivity index (χ2n) is 14.2. The van der Waals surface area contributed by atoms with Crippen LogP contribution in [0.5, 0.6) is 0 Å². The maximum absolute atomic E-state index is 11.0. The van der Waals surface area contributed by atoms with E-state index in [0.29, 0.717) is 11.1 Å². The molecule has 6 nitrogen and oxygen atoms in total. The summed E-state index contributed by atoms with van der Waals surface area (Å²) in [6.45, 7) is 0. The Balaban J connectivity index is 1.12. The molecule has 0 saturated heterocycles. The van der Waals surface area contributed by atoms with Gasteiger partial charge in [0, 0.05) is 48.7 Å². The number of fused-ring (bicyclic) bond motifs is 14. The Morgan fingerprint density at radius 2 is 0.929 bits per heavy atom. The van der Waals surface area contributed by atoms with E-state index in [9.17, 15) is 10.5 Å². The highest BCUT2D eigenvalue weighted by Gasteiger charge is 2.23. The van der Waals surface area contributed by atoms with Crippen molar-refractivity contribution in [3.63, 3.8) is 0 Å². The van der Waals surface area contributed by atoms with Gasteiger partial charge in [-0.05, 0) is 72.3 Å². The molecule has 0 atom stereocenters. The van der Waals surface area contributed by atoms with Crippen molar-refractivity contribution < 1.29 is 8.83 Å². The largest absolute Gasteiger partial charge is 0.456 e. The molecule has 0 aliphatic rings. The van der Waals surface area contributed by atoms with Gasteiger partial charge < -0.3 is 18.0 Å². The van der Waals surface area contributed by atoms with Gasteiger partial charge in [0.25, 0.3) is 0 Å². The quantitative estimate of drug-likeness (QED) is 0.182. The van der Waals surface area contributed by atoms with E-state index in [1.807, 2.05) is 97.1 Å². The number of aromatic nitrogens is 2. The maximum Gasteiger partial charge on any atom is 0.136 e. The first kappa shape index (κ1) is 30.4. The van der Waals surface area contributed by atoms with E-state index in [1.54, 1.807) is 0 Å². The minimum absolute atomic E-state index is 0.530. The summed E-state index contributed by atoms with van der Waals surface area (Å²) in [6.07, 6.45) is 0. The van der Waals surface area contributed by atoms with Gasteiger partial charge in [0.15, 0.2) is 0 Å². The summed E-state index contributed by atoms with van der Waals surface area (Å²) in [5, 5.41) is 30.1. The molecule has 6 heteroatoms. The molecule has 12 rings (SSSR count). The fourth-order valence-corrected chi connectivity index (χ4v) is 9.13. The Morgan fingerprint density at radius 3 is 1.50 bits per heavy atom. The first-order valence-corrected chi connectivity index (χ1v) is 18.5. The highest BCUT2D eigenvalue weighted by atomic mass is 16.3. The van der Waals surface area contributed by atoms with Gasteiger partial charge >= 0.3 is 0 Å². The van der Waals surface area contributed by atoms with Gasteiger partial charge in [-0.3, -0.25) is 0 Å². The second-order valence-corrected chi connectivity index (χ2v) is 14.2. The Morgan fingerprint density at radius 1 is 0.393 bits per heavy atom. The zero-order chi connectivity index (χ0) is 37.1. The molecule has 0 spiro atoms. The van der Waals surface area contributed by atoms with Gasteiger partial charge in [-0.15, -0.1) is 0 Å². The minimum atomic E-state index is 0.530. The fourth-order valence-electron chi connectivity index (χ4n) is 9.13. The molecule has 0 N–H and O–H groups in total. The van der Waals surface area contributed by atoms with E-state index in [1.165, 1.54) is 0 Å². The third-order valence-corrected chi connectivity index (χ3v) is 11.4. The predicted octanol–water partition coefficient (Wildman–Crippen LogP) is 13.1. The Hall–Kier alpha value is -8.06. The number of hydrogen-bond acceptors (Lipinski definition) is 4. The normalized spacial score (nSPS) is 11.9. The lowest BCUT2D eigenvalue weighted by atomic mass is 9.96. The van der Waals surface area contributed by atoms with Crippen LogP contribution >= 0.6 is 0 Å². The Kier molecular flexibility index (Phi) is 6.10. The van der Waals surface area contributed by atoms with Crippen molar-refractivity contribution in [2.45, 2.75) is 0 Å². The molecule has 8 aromatic carbocycles. The molecule has 4 heterocycles. The smallest absolute Gasteiger partial charge is 0.136 e. The molecule has 0 amide bonds. The molecule has 258 valence electrons. The van der Waals surface area contributed by atoms with E-state index in [-0.39, 0.29) is 0 Å². The van der Waals surface area contributed by atoms with Gasteiger partial charge in [0.1, 0.15) is 34.5 Å². The average Bonchev–Trinajstić information content (AvgIpc) is 4.00. The van der Waals surface area contributed by atoms with Crippen LogP contribution in [0.2, 0.25) is 0 Å². The average molecular weight is 715 g/mol. The molecule has 56 heavy (non-hydrogen) atoms. The molecule has 4 aromatic heterocycles. The van der Waals surface area contributed by atoms with Crippen molar-refractivity contribution >= 4 is 87.5 Å². The van der Waals surface area contributed by atoms with Crippen LogP contribution in [0.1, 0.15) is 11.1 Å². The number of nitrogens with zero attached hydrogens (tertiary/aromatic N) is 4. The lowest BCUT2D eigenvalue weighted by molar-refractivity contribution is 0.669. The van der Waals surface area contributed by atoms with Crippen LogP contribution in [-0.4, -0.2) is 9.13 Å². The molecule has 0 aliphatic carbocycles. The summed E-state index contributed by atoms with van der Waals surface area (Å²) in [5.74, 6) is 0. The van der Waals surface area contributed by atoms with E-state index < -0.39 is 0 Å². The summed E-state index contributed by atoms with van der Waals surface area (Å²) in [7, 11) is 0. The Labute approximate surface area is 318 Å². The molecule has 0 radical (unpaired) electrons. The molecule has 0 bridgehead atoms. The van der Waals surface area contributed by atoms with Crippen molar-refractivity contribution in [1.29, 1.82) is 10.5 Å². The summed E-state index contributed by atoms with van der Waals surface area (Å²) >= 11 is 0.